The zero-order chi connectivity index (χ0) is 23.5. The number of ether oxygens (including phenoxy) is 1. The van der Waals surface area contributed by atoms with E-state index >= 15 is 0 Å². The maximum absolute atomic E-state index is 12.6. The number of unbranched alkanes of at least 4 members (excludes halogenated alkanes) is 2. The molecule has 0 fully saturated rings. The van der Waals surface area contributed by atoms with E-state index in [0.29, 0.717) is 0 Å². The lowest BCUT2D eigenvalue weighted by atomic mass is 9.94. The lowest BCUT2D eigenvalue weighted by Gasteiger charge is -2.13. The maximum Gasteiger partial charge on any atom is 0.244 e. The largest absolute Gasteiger partial charge is 0.497 e. The normalized spacial score (nSPS) is 12.2. The molecule has 3 rings (SSSR count). The quantitative estimate of drug-likeness (QED) is 0.256. The van der Waals surface area contributed by atoms with Crippen LogP contribution in [0.25, 0.3) is 16.8 Å². The van der Waals surface area contributed by atoms with Gasteiger partial charge in [-0.15, -0.1) is 0 Å². The number of nitrogens with zero attached hydrogens (tertiary/aromatic N) is 1. The van der Waals surface area contributed by atoms with Gasteiger partial charge in [0.15, 0.2) is 0 Å². The van der Waals surface area contributed by atoms with E-state index in [-0.39, 0.29) is 11.9 Å². The number of amides is 1. The summed E-state index contributed by atoms with van der Waals surface area (Å²) in [4.78, 5) is 16.7. The molecule has 1 N–H and O–H groups in total. The van der Waals surface area contributed by atoms with Crippen LogP contribution in [0.15, 0.2) is 60.9 Å². The summed E-state index contributed by atoms with van der Waals surface area (Å²) in [7, 11) is 1.69. The molecule has 0 unspecified atom stereocenters. The zero-order valence-electron chi connectivity index (χ0n) is 20.1. The number of benzene rings is 2. The second-order valence-corrected chi connectivity index (χ2v) is 8.67. The minimum Gasteiger partial charge on any atom is -0.497 e. The summed E-state index contributed by atoms with van der Waals surface area (Å²) in [5.74, 6) is 0.820. The van der Waals surface area contributed by atoms with Crippen LogP contribution in [0, 0.1) is 0 Å². The fourth-order valence-electron chi connectivity index (χ4n) is 4.19. The van der Waals surface area contributed by atoms with Crippen molar-refractivity contribution in [2.24, 2.45) is 0 Å². The van der Waals surface area contributed by atoms with Gasteiger partial charge in [-0.1, -0.05) is 44.0 Å². The van der Waals surface area contributed by atoms with E-state index < -0.39 is 0 Å². The molecule has 1 heterocycles. The van der Waals surface area contributed by atoms with Gasteiger partial charge in [0.2, 0.25) is 5.91 Å². The number of rotatable bonds is 12. The average Bonchev–Trinajstić information content (AvgIpc) is 2.83. The molecule has 33 heavy (non-hydrogen) atoms. The summed E-state index contributed by atoms with van der Waals surface area (Å²) in [6.45, 7) is 4.28. The first-order chi connectivity index (χ1) is 16.1. The number of nitrogens with one attached hydrogen (secondary N) is 1. The molecule has 0 radical (unpaired) electrons. The van der Waals surface area contributed by atoms with Crippen LogP contribution in [0.4, 0.5) is 0 Å². The van der Waals surface area contributed by atoms with E-state index in [1.54, 1.807) is 19.4 Å². The van der Waals surface area contributed by atoms with Crippen molar-refractivity contribution in [3.8, 4) is 5.75 Å². The van der Waals surface area contributed by atoms with Gasteiger partial charge in [-0.25, -0.2) is 0 Å². The molecule has 4 nitrogen and oxygen atoms in total. The van der Waals surface area contributed by atoms with Gasteiger partial charge >= 0.3 is 0 Å². The topological polar surface area (TPSA) is 51.2 Å². The highest BCUT2D eigenvalue weighted by molar-refractivity contribution is 5.94. The molecule has 1 atom stereocenters. The third-order valence-corrected chi connectivity index (χ3v) is 6.03. The standard InChI is InChI=1S/C29H36N2O2/c1-4-5-6-12-27-24(13-14-25-20-26(33-3)16-17-28(25)27)15-18-29(32)31-22(2)9-7-10-23-11-8-19-30-21-23/h8,11,13-22H,4-7,9-10,12H2,1-3H3,(H,31,32)/t22-/m1/s1. The number of hydrogen-bond donors (Lipinski definition) is 1. The summed E-state index contributed by atoms with van der Waals surface area (Å²) >= 11 is 0. The number of hydrogen-bond acceptors (Lipinski definition) is 3. The average molecular weight is 445 g/mol. The van der Waals surface area contributed by atoms with Crippen molar-refractivity contribution < 1.29 is 9.53 Å². The molecule has 3 aromatic rings. The number of aromatic nitrogens is 1. The lowest BCUT2D eigenvalue weighted by Crippen LogP contribution is -2.31. The van der Waals surface area contributed by atoms with E-state index in [0.717, 1.165) is 43.4 Å². The van der Waals surface area contributed by atoms with E-state index in [2.05, 4.69) is 54.5 Å². The van der Waals surface area contributed by atoms with E-state index in [1.807, 2.05) is 24.4 Å². The Labute approximate surface area is 198 Å². The third-order valence-electron chi connectivity index (χ3n) is 6.03. The fourth-order valence-corrected chi connectivity index (χ4v) is 4.19. The summed E-state index contributed by atoms with van der Waals surface area (Å²) in [6.07, 6.45) is 14.8. The Morgan fingerprint density at radius 1 is 1.12 bits per heavy atom. The number of carbonyl (C=O) groups is 1. The van der Waals surface area contributed by atoms with Crippen molar-refractivity contribution in [3.63, 3.8) is 0 Å². The number of carbonyl (C=O) groups excluding carboxylic acids is 1. The molecule has 0 aliphatic carbocycles. The van der Waals surface area contributed by atoms with Crippen molar-refractivity contribution in [1.29, 1.82) is 0 Å². The van der Waals surface area contributed by atoms with Crippen molar-refractivity contribution >= 4 is 22.8 Å². The first-order valence-electron chi connectivity index (χ1n) is 12.1. The van der Waals surface area contributed by atoms with Gasteiger partial charge in [0.25, 0.3) is 0 Å². The molecule has 4 heteroatoms. The van der Waals surface area contributed by atoms with Crippen molar-refractivity contribution in [3.05, 3.63) is 77.6 Å². The molecule has 174 valence electrons. The predicted octanol–water partition coefficient (Wildman–Crippen LogP) is 6.52. The highest BCUT2D eigenvalue weighted by Gasteiger charge is 2.09. The number of aryl methyl sites for hydroxylation is 2. The van der Waals surface area contributed by atoms with Crippen molar-refractivity contribution in [2.75, 3.05) is 7.11 Å². The Balaban J connectivity index is 1.64. The highest BCUT2D eigenvalue weighted by atomic mass is 16.5. The number of methoxy groups -OCH3 is 1. The predicted molar refractivity (Wildman–Crippen MR) is 138 cm³/mol. The van der Waals surface area contributed by atoms with Crippen LogP contribution < -0.4 is 10.1 Å². The van der Waals surface area contributed by atoms with Gasteiger partial charge in [0.05, 0.1) is 7.11 Å². The number of pyridine rings is 1. The zero-order valence-corrected chi connectivity index (χ0v) is 20.1. The van der Waals surface area contributed by atoms with Crippen LogP contribution in [-0.2, 0) is 17.6 Å². The highest BCUT2D eigenvalue weighted by Crippen LogP contribution is 2.28. The van der Waals surface area contributed by atoms with Crippen molar-refractivity contribution in [1.82, 2.24) is 10.3 Å². The van der Waals surface area contributed by atoms with Crippen LogP contribution >= 0.6 is 0 Å². The third kappa shape index (κ3) is 7.45. The van der Waals surface area contributed by atoms with Gasteiger partial charge in [0.1, 0.15) is 5.75 Å². The van der Waals surface area contributed by atoms with Crippen molar-refractivity contribution in [2.45, 2.75) is 64.8 Å². The Bertz CT molecular complexity index is 1060. The van der Waals surface area contributed by atoms with Crippen LogP contribution in [0.3, 0.4) is 0 Å². The van der Waals surface area contributed by atoms with Crippen LogP contribution in [0.1, 0.15) is 62.6 Å². The van der Waals surface area contributed by atoms with Gasteiger partial charge < -0.3 is 10.1 Å². The number of fused-ring (bicyclic) bond motifs is 1. The Morgan fingerprint density at radius 2 is 2.00 bits per heavy atom. The smallest absolute Gasteiger partial charge is 0.244 e. The summed E-state index contributed by atoms with van der Waals surface area (Å²) in [5, 5.41) is 5.51. The molecular weight excluding hydrogens is 408 g/mol. The monoisotopic (exact) mass is 444 g/mol. The van der Waals surface area contributed by atoms with Gasteiger partial charge in [-0.05, 0) is 90.8 Å². The molecule has 2 aromatic carbocycles. The second-order valence-electron chi connectivity index (χ2n) is 8.67. The summed E-state index contributed by atoms with van der Waals surface area (Å²) in [5.41, 5.74) is 3.65. The lowest BCUT2D eigenvalue weighted by molar-refractivity contribution is -0.117. The SMILES string of the molecule is CCCCCc1c(C=CC(=O)N[C@H](C)CCCc2cccnc2)ccc2cc(OC)ccc12. The maximum atomic E-state index is 12.6. The van der Waals surface area contributed by atoms with Gasteiger partial charge in [-0.2, -0.15) is 0 Å². The first-order valence-corrected chi connectivity index (χ1v) is 12.1. The van der Waals surface area contributed by atoms with Gasteiger partial charge in [0, 0.05) is 24.5 Å². The van der Waals surface area contributed by atoms with Crippen LogP contribution in [0.5, 0.6) is 5.75 Å². The fraction of sp³-hybridized carbons (Fsp3) is 0.379. The minimum atomic E-state index is -0.0433. The van der Waals surface area contributed by atoms with Crippen LogP contribution in [0.2, 0.25) is 0 Å². The molecular formula is C29H36N2O2. The molecule has 0 saturated carbocycles. The molecule has 0 aliphatic heterocycles. The molecule has 0 aliphatic rings. The molecule has 0 bridgehead atoms. The van der Waals surface area contributed by atoms with Crippen LogP contribution in [-0.4, -0.2) is 24.0 Å². The van der Waals surface area contributed by atoms with E-state index in [1.165, 1.54) is 34.7 Å². The minimum absolute atomic E-state index is 0.0433. The van der Waals surface area contributed by atoms with Gasteiger partial charge in [-0.3, -0.25) is 9.78 Å². The molecule has 0 saturated heterocycles. The summed E-state index contributed by atoms with van der Waals surface area (Å²) < 4.78 is 5.39. The molecule has 0 spiro atoms. The molecule has 1 aromatic heterocycles. The Kier molecular flexibility index (Phi) is 9.49. The second kappa shape index (κ2) is 12.8. The first kappa shape index (κ1) is 24.5. The van der Waals surface area contributed by atoms with E-state index in [4.69, 9.17) is 4.74 Å². The Hall–Kier alpha value is -3.14. The Morgan fingerprint density at radius 3 is 2.76 bits per heavy atom. The molecule has 1 amide bonds. The van der Waals surface area contributed by atoms with E-state index in [9.17, 15) is 4.79 Å². The summed E-state index contributed by atoms with van der Waals surface area (Å²) in [6, 6.07) is 14.6.